The molecule has 0 N–H and O–H groups in total. The zero-order chi connectivity index (χ0) is 17.3. The van der Waals surface area contributed by atoms with Crippen LogP contribution < -0.4 is 0 Å². The van der Waals surface area contributed by atoms with Gasteiger partial charge in [-0.1, -0.05) is 18.2 Å². The smallest absolute Gasteiger partial charge is 0.255 e. The first-order valence-corrected chi connectivity index (χ1v) is 8.99. The van der Waals surface area contributed by atoms with E-state index >= 15 is 0 Å². The molecule has 0 aliphatic carbocycles. The molecule has 1 aromatic carbocycles. The van der Waals surface area contributed by atoms with Crippen LogP contribution in [0.15, 0.2) is 42.0 Å². The van der Waals surface area contributed by atoms with Crippen molar-refractivity contribution in [3.05, 3.63) is 47.6 Å². The number of carbonyl (C=O) groups excluding carboxylic acids is 1. The molecule has 0 atom stereocenters. The fourth-order valence-corrected chi connectivity index (χ4v) is 3.82. The van der Waals surface area contributed by atoms with Crippen LogP contribution >= 0.6 is 11.3 Å². The Bertz CT molecular complexity index is 862. The van der Waals surface area contributed by atoms with Gasteiger partial charge in [-0.3, -0.25) is 4.79 Å². The molecule has 0 radical (unpaired) electrons. The first-order valence-electron chi connectivity index (χ1n) is 8.11. The third kappa shape index (κ3) is 2.91. The lowest BCUT2D eigenvalue weighted by Gasteiger charge is -2.31. The molecule has 2 heterocycles. The molecule has 0 bridgehead atoms. The minimum Gasteiger partial charge on any atom is -0.334 e. The van der Waals surface area contributed by atoms with Gasteiger partial charge in [-0.25, -0.2) is 9.97 Å². The maximum absolute atomic E-state index is 13.2. The highest BCUT2D eigenvalue weighted by atomic mass is 32.1. The maximum Gasteiger partial charge on any atom is 0.255 e. The van der Waals surface area contributed by atoms with Gasteiger partial charge in [0.05, 0.1) is 5.69 Å². The Balaban J connectivity index is 2.15. The summed E-state index contributed by atoms with van der Waals surface area (Å²) in [4.78, 5) is 24.8. The second kappa shape index (κ2) is 6.69. The quantitative estimate of drug-likeness (QED) is 0.697. The molecule has 0 saturated carbocycles. The number of thiophene rings is 1. The van der Waals surface area contributed by atoms with Crippen molar-refractivity contribution in [1.29, 1.82) is 0 Å². The van der Waals surface area contributed by atoms with Crippen LogP contribution in [0.4, 0.5) is 0 Å². The van der Waals surface area contributed by atoms with Crippen LogP contribution in [-0.4, -0.2) is 32.9 Å². The van der Waals surface area contributed by atoms with E-state index in [0.717, 1.165) is 21.5 Å². The van der Waals surface area contributed by atoms with Gasteiger partial charge in [0.2, 0.25) is 0 Å². The topological polar surface area (TPSA) is 46.1 Å². The van der Waals surface area contributed by atoms with Crippen LogP contribution in [-0.2, 0) is 0 Å². The first kappa shape index (κ1) is 16.6. The lowest BCUT2D eigenvalue weighted by Crippen LogP contribution is -2.42. The van der Waals surface area contributed by atoms with Gasteiger partial charge >= 0.3 is 0 Å². The van der Waals surface area contributed by atoms with Crippen molar-refractivity contribution in [1.82, 2.24) is 14.9 Å². The molecule has 2 aromatic heterocycles. The summed E-state index contributed by atoms with van der Waals surface area (Å²) in [6, 6.07) is 9.98. The Hall–Kier alpha value is -2.27. The molecule has 0 spiro atoms. The van der Waals surface area contributed by atoms with E-state index in [0.29, 0.717) is 5.56 Å². The fraction of sp³-hybridized carbons (Fsp3) is 0.316. The van der Waals surface area contributed by atoms with Gasteiger partial charge < -0.3 is 4.90 Å². The summed E-state index contributed by atoms with van der Waals surface area (Å²) in [5.74, 6) is 0.0394. The Morgan fingerprint density at radius 2 is 1.75 bits per heavy atom. The summed E-state index contributed by atoms with van der Waals surface area (Å²) in [5.41, 5.74) is 2.36. The second-order valence-electron chi connectivity index (χ2n) is 6.31. The van der Waals surface area contributed by atoms with E-state index in [2.05, 4.69) is 9.97 Å². The number of fused-ring (bicyclic) bond motifs is 1. The number of hydrogen-bond acceptors (Lipinski definition) is 4. The van der Waals surface area contributed by atoms with E-state index in [4.69, 9.17) is 0 Å². The van der Waals surface area contributed by atoms with E-state index in [1.54, 1.807) is 17.7 Å². The van der Waals surface area contributed by atoms with Crippen LogP contribution in [0.25, 0.3) is 21.5 Å². The number of rotatable bonds is 4. The number of nitrogens with zero attached hydrogens (tertiary/aromatic N) is 3. The SMILES string of the molecule is CC(C)N(C(=O)c1ccccc1-c1ncnc2sccc12)C(C)C. The number of amides is 1. The molecule has 3 rings (SSSR count). The molecule has 0 saturated heterocycles. The van der Waals surface area contributed by atoms with Crippen LogP contribution in [0.5, 0.6) is 0 Å². The largest absolute Gasteiger partial charge is 0.334 e. The number of carbonyl (C=O) groups is 1. The molecule has 5 heteroatoms. The van der Waals surface area contributed by atoms with E-state index in [9.17, 15) is 4.79 Å². The van der Waals surface area contributed by atoms with E-state index in [1.807, 2.05) is 68.3 Å². The van der Waals surface area contributed by atoms with Gasteiger partial charge in [0.1, 0.15) is 11.2 Å². The summed E-state index contributed by atoms with van der Waals surface area (Å²) in [6.07, 6.45) is 1.57. The zero-order valence-electron chi connectivity index (χ0n) is 14.4. The third-order valence-electron chi connectivity index (χ3n) is 4.02. The Labute approximate surface area is 146 Å². The van der Waals surface area contributed by atoms with Crippen molar-refractivity contribution >= 4 is 27.5 Å². The van der Waals surface area contributed by atoms with Crippen LogP contribution in [0, 0.1) is 0 Å². The minimum absolute atomic E-state index is 0.0394. The average Bonchev–Trinajstić information content (AvgIpc) is 3.02. The first-order chi connectivity index (χ1) is 11.5. The minimum atomic E-state index is 0.0394. The van der Waals surface area contributed by atoms with Gasteiger partial charge in [0.25, 0.3) is 5.91 Å². The monoisotopic (exact) mass is 339 g/mol. The lowest BCUT2D eigenvalue weighted by molar-refractivity contribution is 0.0644. The molecular weight excluding hydrogens is 318 g/mol. The number of benzene rings is 1. The fourth-order valence-electron chi connectivity index (χ4n) is 3.09. The molecule has 0 aliphatic heterocycles. The Morgan fingerprint density at radius 3 is 2.46 bits per heavy atom. The molecule has 1 amide bonds. The second-order valence-corrected chi connectivity index (χ2v) is 7.20. The zero-order valence-corrected chi connectivity index (χ0v) is 15.2. The standard InChI is InChI=1S/C19H21N3OS/c1-12(2)22(13(3)4)19(23)15-8-6-5-7-14(15)17-16-9-10-24-18(16)21-11-20-17/h5-13H,1-4H3. The molecule has 0 fully saturated rings. The summed E-state index contributed by atoms with van der Waals surface area (Å²) in [6.45, 7) is 8.18. The van der Waals surface area contributed by atoms with Crippen LogP contribution in [0.1, 0.15) is 38.1 Å². The molecule has 4 nitrogen and oxygen atoms in total. The van der Waals surface area contributed by atoms with Crippen molar-refractivity contribution in [2.75, 3.05) is 0 Å². The van der Waals surface area contributed by atoms with E-state index < -0.39 is 0 Å². The van der Waals surface area contributed by atoms with Crippen molar-refractivity contribution in [2.45, 2.75) is 39.8 Å². The lowest BCUT2D eigenvalue weighted by atomic mass is 10.0. The van der Waals surface area contributed by atoms with Gasteiger partial charge in [0.15, 0.2) is 0 Å². The highest BCUT2D eigenvalue weighted by Gasteiger charge is 2.24. The van der Waals surface area contributed by atoms with E-state index in [1.165, 1.54) is 0 Å². The Kier molecular flexibility index (Phi) is 4.62. The van der Waals surface area contributed by atoms with Crippen LogP contribution in [0.2, 0.25) is 0 Å². The van der Waals surface area contributed by atoms with Crippen molar-refractivity contribution in [2.24, 2.45) is 0 Å². The molecule has 24 heavy (non-hydrogen) atoms. The van der Waals surface area contributed by atoms with E-state index in [-0.39, 0.29) is 18.0 Å². The van der Waals surface area contributed by atoms with Gasteiger partial charge in [-0.05, 0) is 45.2 Å². The summed E-state index contributed by atoms with van der Waals surface area (Å²) >= 11 is 1.58. The maximum atomic E-state index is 13.2. The summed E-state index contributed by atoms with van der Waals surface area (Å²) < 4.78 is 0. The summed E-state index contributed by atoms with van der Waals surface area (Å²) in [7, 11) is 0. The molecular formula is C19H21N3OS. The Morgan fingerprint density at radius 1 is 1.04 bits per heavy atom. The van der Waals surface area contributed by atoms with Crippen LogP contribution in [0.3, 0.4) is 0 Å². The van der Waals surface area contributed by atoms with Gasteiger partial charge in [0, 0.05) is 28.6 Å². The normalized spacial score (nSPS) is 11.4. The predicted molar refractivity (Wildman–Crippen MR) is 99.3 cm³/mol. The van der Waals surface area contributed by atoms with Crippen molar-refractivity contribution in [3.63, 3.8) is 0 Å². The highest BCUT2D eigenvalue weighted by Crippen LogP contribution is 2.31. The summed E-state index contributed by atoms with van der Waals surface area (Å²) in [5, 5.41) is 2.99. The average molecular weight is 339 g/mol. The molecule has 3 aromatic rings. The molecule has 124 valence electrons. The third-order valence-corrected chi connectivity index (χ3v) is 4.84. The predicted octanol–water partition coefficient (Wildman–Crippen LogP) is 4.62. The number of aromatic nitrogens is 2. The van der Waals surface area contributed by atoms with Gasteiger partial charge in [-0.2, -0.15) is 0 Å². The van der Waals surface area contributed by atoms with Crippen molar-refractivity contribution < 1.29 is 4.79 Å². The van der Waals surface area contributed by atoms with Crippen molar-refractivity contribution in [3.8, 4) is 11.3 Å². The highest BCUT2D eigenvalue weighted by molar-refractivity contribution is 7.16. The molecule has 0 aliphatic rings. The molecule has 0 unspecified atom stereocenters. The van der Waals surface area contributed by atoms with Gasteiger partial charge in [-0.15, -0.1) is 11.3 Å². The number of hydrogen-bond donors (Lipinski definition) is 0.